The molecule has 2 aromatic rings. The molecular formula is C33H34Cl2N2O4. The van der Waals surface area contributed by atoms with Crippen LogP contribution in [-0.4, -0.2) is 47.7 Å². The van der Waals surface area contributed by atoms with Crippen molar-refractivity contribution in [2.24, 2.45) is 0 Å². The summed E-state index contributed by atoms with van der Waals surface area (Å²) in [5, 5.41) is 1.43. The van der Waals surface area contributed by atoms with Crippen LogP contribution < -0.4 is 0 Å². The third-order valence-electron chi connectivity index (χ3n) is 7.37. The van der Waals surface area contributed by atoms with Crippen molar-refractivity contribution in [3.05, 3.63) is 97.3 Å². The number of methoxy groups -OCH3 is 1. The summed E-state index contributed by atoms with van der Waals surface area (Å²) in [6.45, 7) is 6.69. The molecule has 1 aromatic carbocycles. The summed E-state index contributed by atoms with van der Waals surface area (Å²) < 4.78 is 10.4. The molecule has 2 aliphatic carbocycles. The number of allylic oxidation sites excluding steroid dienone is 5. The second-order valence-corrected chi connectivity index (χ2v) is 12.5. The Labute approximate surface area is 251 Å². The summed E-state index contributed by atoms with van der Waals surface area (Å²) in [4.78, 5) is 31.1. The maximum absolute atomic E-state index is 12.3. The summed E-state index contributed by atoms with van der Waals surface area (Å²) in [5.74, 6) is -0.350. The molecule has 0 bridgehead atoms. The number of ether oxygens (including phenoxy) is 2. The highest BCUT2D eigenvalue weighted by molar-refractivity contribution is 6.35. The molecule has 1 amide bonds. The number of hydrogen-bond donors (Lipinski definition) is 0. The molecule has 2 heterocycles. The van der Waals surface area contributed by atoms with Gasteiger partial charge < -0.3 is 14.4 Å². The van der Waals surface area contributed by atoms with Gasteiger partial charge in [-0.05, 0) is 111 Å². The van der Waals surface area contributed by atoms with Crippen LogP contribution in [0.2, 0.25) is 0 Å². The van der Waals surface area contributed by atoms with Gasteiger partial charge in [0.05, 0.1) is 18.4 Å². The lowest BCUT2D eigenvalue weighted by Gasteiger charge is -2.35. The lowest BCUT2D eigenvalue weighted by Crippen LogP contribution is -2.46. The van der Waals surface area contributed by atoms with E-state index in [0.717, 1.165) is 76.2 Å². The number of rotatable bonds is 4. The first-order valence-electron chi connectivity index (χ1n) is 13.9. The Morgan fingerprint density at radius 1 is 1.00 bits per heavy atom. The van der Waals surface area contributed by atoms with E-state index in [4.69, 9.17) is 37.7 Å². The third kappa shape index (κ3) is 6.60. The minimum atomic E-state index is -0.512. The van der Waals surface area contributed by atoms with Crippen molar-refractivity contribution in [3.63, 3.8) is 0 Å². The number of pyridine rings is 1. The molecule has 8 heteroatoms. The summed E-state index contributed by atoms with van der Waals surface area (Å²) in [6, 6.07) is 9.84. The van der Waals surface area contributed by atoms with E-state index in [-0.39, 0.29) is 12.1 Å². The molecule has 0 spiro atoms. The minimum absolute atomic E-state index is 0.295. The number of halogens is 2. The van der Waals surface area contributed by atoms with E-state index in [1.165, 1.54) is 12.7 Å². The van der Waals surface area contributed by atoms with Crippen LogP contribution in [0.5, 0.6) is 0 Å². The lowest BCUT2D eigenvalue weighted by molar-refractivity contribution is 0.0216. The van der Waals surface area contributed by atoms with Gasteiger partial charge in [0.15, 0.2) is 0 Å². The fourth-order valence-electron chi connectivity index (χ4n) is 5.45. The highest BCUT2D eigenvalue weighted by Crippen LogP contribution is 2.43. The number of likely N-dealkylation sites (tertiary alicyclic amines) is 1. The number of carbonyl (C=O) groups excluding carboxylic acids is 2. The topological polar surface area (TPSA) is 68.7 Å². The molecule has 0 N–H and O–H groups in total. The first-order chi connectivity index (χ1) is 19.5. The van der Waals surface area contributed by atoms with E-state index in [1.807, 2.05) is 57.3 Å². The molecule has 6 nitrogen and oxygen atoms in total. The number of nitrogens with zero attached hydrogens (tertiary/aromatic N) is 2. The number of aryl methyl sites for hydroxylation is 1. The van der Waals surface area contributed by atoms with Crippen molar-refractivity contribution >= 4 is 46.9 Å². The van der Waals surface area contributed by atoms with Crippen LogP contribution in [0.15, 0.2) is 69.4 Å². The van der Waals surface area contributed by atoms with E-state index < -0.39 is 5.60 Å². The third-order valence-corrected chi connectivity index (χ3v) is 8.01. The fraction of sp³-hybridized carbons (Fsp3) is 0.364. The van der Waals surface area contributed by atoms with Crippen molar-refractivity contribution in [1.82, 2.24) is 9.88 Å². The van der Waals surface area contributed by atoms with Gasteiger partial charge in [0, 0.05) is 34.9 Å². The summed E-state index contributed by atoms with van der Waals surface area (Å²) in [6.07, 6.45) is 9.58. The number of aromatic nitrogens is 1. The van der Waals surface area contributed by atoms with E-state index in [9.17, 15) is 9.59 Å². The molecule has 1 fully saturated rings. The van der Waals surface area contributed by atoms with Crippen LogP contribution in [-0.2, 0) is 15.9 Å². The van der Waals surface area contributed by atoms with E-state index in [0.29, 0.717) is 23.7 Å². The van der Waals surface area contributed by atoms with Gasteiger partial charge in [-0.15, -0.1) is 0 Å². The highest BCUT2D eigenvalue weighted by atomic mass is 35.5. The second kappa shape index (κ2) is 11.9. The molecule has 0 saturated carbocycles. The Balaban J connectivity index is 1.49. The summed E-state index contributed by atoms with van der Waals surface area (Å²) >= 11 is 13.1. The molecule has 1 aromatic heterocycles. The average Bonchev–Trinajstić information content (AvgIpc) is 3.08. The van der Waals surface area contributed by atoms with E-state index in [1.54, 1.807) is 4.90 Å². The molecule has 3 aliphatic rings. The van der Waals surface area contributed by atoms with Crippen molar-refractivity contribution < 1.29 is 19.1 Å². The second-order valence-electron chi connectivity index (χ2n) is 11.6. The predicted molar refractivity (Wildman–Crippen MR) is 163 cm³/mol. The first kappa shape index (κ1) is 29.2. The van der Waals surface area contributed by atoms with Crippen LogP contribution in [0.25, 0.3) is 11.6 Å². The standard InChI is InChI=1S/C33H34Cl2N2O4/c1-33(2,3)41-32(39)37-18-21(19-37)14-20-8-13-29(36-17-20)30-25-11-9-23(31(38)40-4)15-22(25)6-5-7-27(30)26-12-10-24(34)16-28(26)35/h8-9,11,13-17H,5-7,10,12,18-19H2,1-4H3. The molecule has 0 unspecified atom stereocenters. The van der Waals surface area contributed by atoms with Crippen LogP contribution in [0.1, 0.15) is 79.2 Å². The number of esters is 1. The maximum atomic E-state index is 12.3. The van der Waals surface area contributed by atoms with Crippen molar-refractivity contribution in [1.29, 1.82) is 0 Å². The van der Waals surface area contributed by atoms with Crippen LogP contribution in [0.3, 0.4) is 0 Å². The van der Waals surface area contributed by atoms with Gasteiger partial charge in [-0.1, -0.05) is 41.4 Å². The monoisotopic (exact) mass is 592 g/mol. The molecule has 41 heavy (non-hydrogen) atoms. The molecule has 1 saturated heterocycles. The SMILES string of the molecule is COC(=O)c1ccc2c(c1)CCCC(C1=C(Cl)C=C(Cl)CC1)=C2c1ccc(C=C2CN(C(=O)OC(C)(C)C)C2)cn1. The Hall–Kier alpha value is -3.35. The van der Waals surface area contributed by atoms with Crippen molar-refractivity contribution in [2.45, 2.75) is 58.5 Å². The van der Waals surface area contributed by atoms with Gasteiger partial charge in [0.25, 0.3) is 0 Å². The number of amides is 1. The van der Waals surface area contributed by atoms with Crippen LogP contribution in [0.4, 0.5) is 4.79 Å². The number of hydrogen-bond acceptors (Lipinski definition) is 5. The van der Waals surface area contributed by atoms with Crippen molar-refractivity contribution in [3.8, 4) is 0 Å². The van der Waals surface area contributed by atoms with Gasteiger partial charge in [0.1, 0.15) is 5.60 Å². The molecular weight excluding hydrogens is 559 g/mol. The zero-order valence-electron chi connectivity index (χ0n) is 23.9. The lowest BCUT2D eigenvalue weighted by atomic mass is 9.86. The number of carbonyl (C=O) groups is 2. The van der Waals surface area contributed by atoms with Gasteiger partial charge in [-0.3, -0.25) is 4.98 Å². The zero-order valence-corrected chi connectivity index (χ0v) is 25.4. The molecule has 0 atom stereocenters. The van der Waals surface area contributed by atoms with Gasteiger partial charge in [-0.25, -0.2) is 9.59 Å². The minimum Gasteiger partial charge on any atom is -0.465 e. The molecule has 214 valence electrons. The van der Waals surface area contributed by atoms with E-state index >= 15 is 0 Å². The average molecular weight is 594 g/mol. The normalized spacial score (nSPS) is 17.4. The molecule has 0 radical (unpaired) electrons. The van der Waals surface area contributed by atoms with Gasteiger partial charge >= 0.3 is 12.1 Å². The van der Waals surface area contributed by atoms with E-state index in [2.05, 4.69) is 12.1 Å². The Morgan fingerprint density at radius 2 is 1.78 bits per heavy atom. The first-order valence-corrected chi connectivity index (χ1v) is 14.6. The quantitative estimate of drug-likeness (QED) is 0.336. The van der Waals surface area contributed by atoms with Crippen LogP contribution in [0, 0.1) is 0 Å². The Bertz CT molecular complexity index is 1500. The maximum Gasteiger partial charge on any atom is 0.410 e. The van der Waals surface area contributed by atoms with Gasteiger partial charge in [0.2, 0.25) is 0 Å². The predicted octanol–water partition coefficient (Wildman–Crippen LogP) is 8.05. The van der Waals surface area contributed by atoms with Crippen LogP contribution >= 0.6 is 23.2 Å². The smallest absolute Gasteiger partial charge is 0.410 e. The largest absolute Gasteiger partial charge is 0.465 e. The summed E-state index contributed by atoms with van der Waals surface area (Å²) in [7, 11) is 1.40. The molecule has 5 rings (SSSR count). The van der Waals surface area contributed by atoms with Crippen molar-refractivity contribution in [2.75, 3.05) is 20.2 Å². The number of fused-ring (bicyclic) bond motifs is 1. The van der Waals surface area contributed by atoms with Gasteiger partial charge in [-0.2, -0.15) is 0 Å². The fourth-order valence-corrected chi connectivity index (χ4v) is 6.05. The molecule has 1 aliphatic heterocycles. The Kier molecular flexibility index (Phi) is 8.44. The number of benzene rings is 1. The summed E-state index contributed by atoms with van der Waals surface area (Å²) in [5.41, 5.74) is 8.42. The Morgan fingerprint density at radius 3 is 2.44 bits per heavy atom. The highest BCUT2D eigenvalue weighted by Gasteiger charge is 2.30. The zero-order chi connectivity index (χ0) is 29.3.